The molecule has 0 amide bonds. The zero-order chi connectivity index (χ0) is 25.2. The summed E-state index contributed by atoms with van der Waals surface area (Å²) in [5.41, 5.74) is 2.67. The molecule has 0 saturated heterocycles. The Hall–Kier alpha value is -2.84. The standard InChI is InChI=1S/C27H34N4O3S/c1-17-12-20(14-21(13-17)31-25-28-11-8-18(2)30-25)22-16-29-23(35-22)15-27(33)9-6-19(7-10-27)24(32)34-26(3,4)5/h8,11-14,16,19,33H,6-7,9-10,15H2,1-5H3,(H,28,30,31)/t19-,27-. The molecule has 7 nitrogen and oxygen atoms in total. The van der Waals surface area contributed by atoms with Gasteiger partial charge in [0.15, 0.2) is 0 Å². The Balaban J connectivity index is 1.41. The van der Waals surface area contributed by atoms with Crippen LogP contribution in [0, 0.1) is 19.8 Å². The first-order chi connectivity index (χ1) is 16.5. The van der Waals surface area contributed by atoms with E-state index in [1.54, 1.807) is 17.5 Å². The van der Waals surface area contributed by atoms with Crippen LogP contribution in [0.15, 0.2) is 36.7 Å². The average Bonchev–Trinajstić information content (AvgIpc) is 3.20. The van der Waals surface area contributed by atoms with Crippen molar-refractivity contribution in [3.05, 3.63) is 52.9 Å². The quantitative estimate of drug-likeness (QED) is 0.420. The molecule has 3 aromatic rings. The predicted molar refractivity (Wildman–Crippen MR) is 139 cm³/mol. The van der Waals surface area contributed by atoms with Crippen LogP contribution in [0.4, 0.5) is 11.6 Å². The molecule has 35 heavy (non-hydrogen) atoms. The van der Waals surface area contributed by atoms with Gasteiger partial charge < -0.3 is 15.2 Å². The first kappa shape index (κ1) is 25.3. The van der Waals surface area contributed by atoms with E-state index >= 15 is 0 Å². The molecule has 2 N–H and O–H groups in total. The molecular formula is C27H34N4O3S. The maximum Gasteiger partial charge on any atom is 0.309 e. The molecule has 8 heteroatoms. The van der Waals surface area contributed by atoms with Crippen molar-refractivity contribution < 1.29 is 14.6 Å². The van der Waals surface area contributed by atoms with Gasteiger partial charge in [0, 0.05) is 30.2 Å². The second-order valence-electron chi connectivity index (χ2n) is 10.6. The van der Waals surface area contributed by atoms with E-state index < -0.39 is 11.2 Å². The summed E-state index contributed by atoms with van der Waals surface area (Å²) in [4.78, 5) is 26.8. The molecule has 0 radical (unpaired) electrons. The number of rotatable bonds is 6. The number of nitrogens with one attached hydrogen (secondary N) is 1. The zero-order valence-corrected chi connectivity index (χ0v) is 21.9. The summed E-state index contributed by atoms with van der Waals surface area (Å²) in [5.74, 6) is 0.267. The molecule has 0 bridgehead atoms. The fourth-order valence-electron chi connectivity index (χ4n) is 4.40. The van der Waals surface area contributed by atoms with Crippen molar-refractivity contribution >= 4 is 28.9 Å². The second-order valence-corrected chi connectivity index (χ2v) is 11.7. The fourth-order valence-corrected chi connectivity index (χ4v) is 5.44. The minimum atomic E-state index is -0.838. The maximum absolute atomic E-state index is 12.4. The topological polar surface area (TPSA) is 97.2 Å². The Morgan fingerprint density at radius 3 is 2.63 bits per heavy atom. The number of thiazole rings is 1. The lowest BCUT2D eigenvalue weighted by atomic mass is 9.77. The summed E-state index contributed by atoms with van der Waals surface area (Å²) >= 11 is 1.60. The van der Waals surface area contributed by atoms with Crippen LogP contribution in [0.25, 0.3) is 10.4 Å². The predicted octanol–water partition coefficient (Wildman–Crippen LogP) is 5.77. The normalized spacial score (nSPS) is 20.5. The van der Waals surface area contributed by atoms with E-state index in [1.807, 2.05) is 40.0 Å². The first-order valence-electron chi connectivity index (χ1n) is 12.1. The number of hydrogen-bond acceptors (Lipinski definition) is 8. The fraction of sp³-hybridized carbons (Fsp3) is 0.481. The SMILES string of the molecule is Cc1cc(Nc2nccc(C)n2)cc(-c2cnc(C[C@]3(O)CC[C@H](C(=O)OC(C)(C)C)CC3)s2)c1. The number of carbonyl (C=O) groups is 1. The first-order valence-corrected chi connectivity index (χ1v) is 12.9. The lowest BCUT2D eigenvalue weighted by molar-refractivity contribution is -0.162. The van der Waals surface area contributed by atoms with Gasteiger partial charge in [-0.2, -0.15) is 0 Å². The van der Waals surface area contributed by atoms with E-state index in [0.717, 1.165) is 32.4 Å². The molecule has 0 unspecified atom stereocenters. The molecule has 186 valence electrons. The van der Waals surface area contributed by atoms with E-state index in [0.29, 0.717) is 38.1 Å². The molecule has 1 aliphatic rings. The highest BCUT2D eigenvalue weighted by Crippen LogP contribution is 2.38. The van der Waals surface area contributed by atoms with Gasteiger partial charge in [-0.15, -0.1) is 11.3 Å². The second kappa shape index (κ2) is 10.0. The van der Waals surface area contributed by atoms with Crippen molar-refractivity contribution in [3.63, 3.8) is 0 Å². The van der Waals surface area contributed by atoms with Crippen LogP contribution in [0.3, 0.4) is 0 Å². The lowest BCUT2D eigenvalue weighted by Gasteiger charge is -2.35. The number of ether oxygens (including phenoxy) is 1. The third-order valence-corrected chi connectivity index (χ3v) is 7.15. The number of aryl methyl sites for hydroxylation is 2. The third kappa shape index (κ3) is 6.86. The van der Waals surface area contributed by atoms with Crippen molar-refractivity contribution in [2.75, 3.05) is 5.32 Å². The molecule has 0 spiro atoms. The van der Waals surface area contributed by atoms with Crippen LogP contribution >= 0.6 is 11.3 Å². The third-order valence-electron chi connectivity index (χ3n) is 6.10. The van der Waals surface area contributed by atoms with Crippen molar-refractivity contribution in [2.24, 2.45) is 5.92 Å². The smallest absolute Gasteiger partial charge is 0.309 e. The summed E-state index contributed by atoms with van der Waals surface area (Å²) in [6, 6.07) is 8.11. The average molecular weight is 495 g/mol. The van der Waals surface area contributed by atoms with Gasteiger partial charge in [0.25, 0.3) is 0 Å². The summed E-state index contributed by atoms with van der Waals surface area (Å²) in [7, 11) is 0. The number of anilines is 2. The number of carbonyl (C=O) groups excluding carboxylic acids is 1. The van der Waals surface area contributed by atoms with Crippen LogP contribution < -0.4 is 5.32 Å². The number of nitrogens with zero attached hydrogens (tertiary/aromatic N) is 3. The van der Waals surface area contributed by atoms with Gasteiger partial charge >= 0.3 is 5.97 Å². The highest BCUT2D eigenvalue weighted by atomic mass is 32.1. The van der Waals surface area contributed by atoms with Crippen molar-refractivity contribution in [1.82, 2.24) is 15.0 Å². The van der Waals surface area contributed by atoms with Gasteiger partial charge in [0.2, 0.25) is 5.95 Å². The van der Waals surface area contributed by atoms with Gasteiger partial charge in [0.05, 0.1) is 21.4 Å². The molecule has 2 heterocycles. The largest absolute Gasteiger partial charge is 0.460 e. The van der Waals surface area contributed by atoms with Crippen molar-refractivity contribution in [2.45, 2.75) is 77.9 Å². The summed E-state index contributed by atoms with van der Waals surface area (Å²) in [6.45, 7) is 9.64. The number of aliphatic hydroxyl groups is 1. The van der Waals surface area contributed by atoms with Gasteiger partial charge in [0.1, 0.15) is 5.60 Å². The van der Waals surface area contributed by atoms with Crippen LogP contribution in [0.5, 0.6) is 0 Å². The number of benzene rings is 1. The minimum Gasteiger partial charge on any atom is -0.460 e. The van der Waals surface area contributed by atoms with E-state index in [9.17, 15) is 9.90 Å². The van der Waals surface area contributed by atoms with E-state index in [2.05, 4.69) is 45.4 Å². The Morgan fingerprint density at radius 1 is 1.20 bits per heavy atom. The molecule has 1 aromatic carbocycles. The number of aromatic nitrogens is 3. The van der Waals surface area contributed by atoms with Gasteiger partial charge in [-0.3, -0.25) is 4.79 Å². The molecule has 0 aliphatic heterocycles. The van der Waals surface area contributed by atoms with Crippen LogP contribution in [0.2, 0.25) is 0 Å². The Bertz CT molecular complexity index is 1190. The molecule has 1 saturated carbocycles. The number of hydrogen-bond donors (Lipinski definition) is 2. The molecule has 1 aliphatic carbocycles. The molecule has 1 fully saturated rings. The van der Waals surface area contributed by atoms with Crippen LogP contribution in [0.1, 0.15) is 62.7 Å². The molecule has 4 rings (SSSR count). The van der Waals surface area contributed by atoms with Crippen molar-refractivity contribution in [3.8, 4) is 10.4 Å². The Kier molecular flexibility index (Phi) is 7.24. The molecule has 2 aromatic heterocycles. The van der Waals surface area contributed by atoms with E-state index in [-0.39, 0.29) is 11.9 Å². The molecule has 0 atom stereocenters. The Morgan fingerprint density at radius 2 is 1.94 bits per heavy atom. The van der Waals surface area contributed by atoms with Gasteiger partial charge in [-0.05, 0) is 89.6 Å². The van der Waals surface area contributed by atoms with Crippen molar-refractivity contribution in [1.29, 1.82) is 0 Å². The Labute approximate surface area is 211 Å². The van der Waals surface area contributed by atoms with Gasteiger partial charge in [-0.1, -0.05) is 6.07 Å². The maximum atomic E-state index is 12.4. The van der Waals surface area contributed by atoms with Crippen LogP contribution in [-0.2, 0) is 16.0 Å². The van der Waals surface area contributed by atoms with Gasteiger partial charge in [-0.25, -0.2) is 15.0 Å². The summed E-state index contributed by atoms with van der Waals surface area (Å²) in [5, 5.41) is 15.4. The van der Waals surface area contributed by atoms with E-state index in [4.69, 9.17) is 4.74 Å². The monoisotopic (exact) mass is 494 g/mol. The zero-order valence-electron chi connectivity index (χ0n) is 21.1. The highest BCUT2D eigenvalue weighted by molar-refractivity contribution is 7.15. The summed E-state index contributed by atoms with van der Waals surface area (Å²) in [6.07, 6.45) is 6.52. The highest BCUT2D eigenvalue weighted by Gasteiger charge is 2.38. The molecular weight excluding hydrogens is 460 g/mol. The lowest BCUT2D eigenvalue weighted by Crippen LogP contribution is -2.39. The summed E-state index contributed by atoms with van der Waals surface area (Å²) < 4.78 is 5.53. The number of esters is 1. The minimum absolute atomic E-state index is 0.142. The van der Waals surface area contributed by atoms with Crippen LogP contribution in [-0.4, -0.2) is 37.2 Å². The van der Waals surface area contributed by atoms with E-state index in [1.165, 1.54) is 0 Å².